The van der Waals surface area contributed by atoms with Gasteiger partial charge in [-0.1, -0.05) is 23.9 Å². The molecule has 1 fully saturated rings. The van der Waals surface area contributed by atoms with Gasteiger partial charge < -0.3 is 14.6 Å². The summed E-state index contributed by atoms with van der Waals surface area (Å²) in [6.45, 7) is 6.59. The molecule has 1 aliphatic heterocycles. The maximum atomic E-state index is 12.2. The Morgan fingerprint density at radius 1 is 1.21 bits per heavy atom. The van der Waals surface area contributed by atoms with Gasteiger partial charge in [-0.05, 0) is 39.3 Å². The van der Waals surface area contributed by atoms with Gasteiger partial charge >= 0.3 is 6.03 Å². The quantitative estimate of drug-likeness (QED) is 0.414. The third kappa shape index (κ3) is 3.84. The molecule has 150 valence electrons. The van der Waals surface area contributed by atoms with Crippen molar-refractivity contribution in [2.75, 3.05) is 19.4 Å². The van der Waals surface area contributed by atoms with Crippen LogP contribution in [0.1, 0.15) is 27.2 Å². The molecular formula is C19H25N5O3S. The van der Waals surface area contributed by atoms with E-state index in [2.05, 4.69) is 15.5 Å². The van der Waals surface area contributed by atoms with Gasteiger partial charge in [0.15, 0.2) is 11.0 Å². The van der Waals surface area contributed by atoms with Crippen LogP contribution in [-0.2, 0) is 11.3 Å². The second kappa shape index (κ2) is 8.22. The Labute approximate surface area is 168 Å². The molecule has 0 unspecified atom stereocenters. The molecule has 1 aromatic heterocycles. The minimum absolute atomic E-state index is 0.183. The van der Waals surface area contributed by atoms with Crippen LogP contribution in [0.2, 0.25) is 0 Å². The molecule has 2 heterocycles. The van der Waals surface area contributed by atoms with E-state index in [9.17, 15) is 9.59 Å². The fourth-order valence-electron chi connectivity index (χ4n) is 3.12. The molecule has 0 spiro atoms. The molecule has 0 atom stereocenters. The molecule has 1 aliphatic rings. The van der Waals surface area contributed by atoms with Crippen molar-refractivity contribution in [3.8, 4) is 17.1 Å². The number of aromatic nitrogens is 3. The predicted octanol–water partition coefficient (Wildman–Crippen LogP) is 2.79. The SMILES string of the molecule is CCn1c(SCCCN2C(=O)NC(C)(C)C2=O)nnc1-c1ccccc1OC. The third-order valence-electron chi connectivity index (χ3n) is 4.58. The smallest absolute Gasteiger partial charge is 0.325 e. The fraction of sp³-hybridized carbons (Fsp3) is 0.474. The number of thioether (sulfide) groups is 1. The molecule has 1 aromatic carbocycles. The molecule has 2 aromatic rings. The zero-order chi connectivity index (χ0) is 20.3. The van der Waals surface area contributed by atoms with Crippen molar-refractivity contribution in [3.63, 3.8) is 0 Å². The van der Waals surface area contributed by atoms with Crippen molar-refractivity contribution < 1.29 is 14.3 Å². The number of ether oxygens (including phenoxy) is 1. The largest absolute Gasteiger partial charge is 0.496 e. The minimum atomic E-state index is -0.823. The van der Waals surface area contributed by atoms with Crippen molar-refractivity contribution >= 4 is 23.7 Å². The van der Waals surface area contributed by atoms with Crippen molar-refractivity contribution in [3.05, 3.63) is 24.3 Å². The summed E-state index contributed by atoms with van der Waals surface area (Å²) >= 11 is 1.57. The normalized spacial score (nSPS) is 15.8. The van der Waals surface area contributed by atoms with Gasteiger partial charge in [-0.15, -0.1) is 10.2 Å². The van der Waals surface area contributed by atoms with Crippen molar-refractivity contribution in [1.82, 2.24) is 25.0 Å². The van der Waals surface area contributed by atoms with E-state index >= 15 is 0 Å². The van der Waals surface area contributed by atoms with E-state index in [0.29, 0.717) is 13.0 Å². The number of imide groups is 1. The van der Waals surface area contributed by atoms with Gasteiger partial charge in [0, 0.05) is 18.8 Å². The average molecular weight is 404 g/mol. The Morgan fingerprint density at radius 3 is 2.61 bits per heavy atom. The highest BCUT2D eigenvalue weighted by molar-refractivity contribution is 7.99. The van der Waals surface area contributed by atoms with Gasteiger partial charge in [0.25, 0.3) is 5.91 Å². The number of hydrogen-bond donors (Lipinski definition) is 1. The van der Waals surface area contributed by atoms with Crippen LogP contribution in [0.4, 0.5) is 4.79 Å². The minimum Gasteiger partial charge on any atom is -0.496 e. The summed E-state index contributed by atoms with van der Waals surface area (Å²) in [6, 6.07) is 7.40. The Bertz CT molecular complexity index is 880. The molecular weight excluding hydrogens is 378 g/mol. The van der Waals surface area contributed by atoms with Gasteiger partial charge in [0.05, 0.1) is 12.7 Å². The van der Waals surface area contributed by atoms with Crippen molar-refractivity contribution in [1.29, 1.82) is 0 Å². The van der Waals surface area contributed by atoms with E-state index in [1.807, 2.05) is 35.8 Å². The van der Waals surface area contributed by atoms with E-state index in [-0.39, 0.29) is 11.9 Å². The van der Waals surface area contributed by atoms with Crippen molar-refractivity contribution in [2.24, 2.45) is 0 Å². The number of amides is 3. The first-order valence-corrected chi connectivity index (χ1v) is 10.2. The van der Waals surface area contributed by atoms with Crippen LogP contribution in [0.25, 0.3) is 11.4 Å². The number of urea groups is 1. The highest BCUT2D eigenvalue weighted by Crippen LogP contribution is 2.31. The summed E-state index contributed by atoms with van der Waals surface area (Å²) in [5.41, 5.74) is 0.0729. The molecule has 28 heavy (non-hydrogen) atoms. The maximum Gasteiger partial charge on any atom is 0.325 e. The predicted molar refractivity (Wildman–Crippen MR) is 107 cm³/mol. The van der Waals surface area contributed by atoms with Crippen LogP contribution in [0.5, 0.6) is 5.75 Å². The van der Waals surface area contributed by atoms with Crippen LogP contribution in [-0.4, -0.2) is 56.5 Å². The van der Waals surface area contributed by atoms with Crippen LogP contribution < -0.4 is 10.1 Å². The van der Waals surface area contributed by atoms with Gasteiger partial charge in [-0.2, -0.15) is 0 Å². The lowest BCUT2D eigenvalue weighted by Gasteiger charge is -2.15. The number of benzene rings is 1. The molecule has 0 bridgehead atoms. The van der Waals surface area contributed by atoms with E-state index in [0.717, 1.165) is 34.6 Å². The zero-order valence-electron chi connectivity index (χ0n) is 16.6. The first-order valence-electron chi connectivity index (χ1n) is 9.22. The number of carbonyl (C=O) groups is 2. The number of para-hydroxylation sites is 1. The number of nitrogens with one attached hydrogen (secondary N) is 1. The van der Waals surface area contributed by atoms with Crippen LogP contribution in [0.15, 0.2) is 29.4 Å². The van der Waals surface area contributed by atoms with Gasteiger partial charge in [-0.25, -0.2) is 4.79 Å². The van der Waals surface area contributed by atoms with Crippen molar-refractivity contribution in [2.45, 2.75) is 44.4 Å². The Morgan fingerprint density at radius 2 is 1.96 bits per heavy atom. The lowest BCUT2D eigenvalue weighted by atomic mass is 10.1. The monoisotopic (exact) mass is 403 g/mol. The van der Waals surface area contributed by atoms with Crippen LogP contribution in [0, 0.1) is 0 Å². The highest BCUT2D eigenvalue weighted by atomic mass is 32.2. The lowest BCUT2D eigenvalue weighted by Crippen LogP contribution is -2.40. The summed E-state index contributed by atoms with van der Waals surface area (Å²) in [6.07, 6.45) is 0.681. The molecule has 3 rings (SSSR count). The molecule has 3 amide bonds. The first kappa shape index (κ1) is 20.2. The number of methoxy groups -OCH3 is 1. The summed E-state index contributed by atoms with van der Waals surface area (Å²) in [5, 5.41) is 12.2. The number of rotatable bonds is 8. The zero-order valence-corrected chi connectivity index (χ0v) is 17.4. The van der Waals surface area contributed by atoms with E-state index < -0.39 is 5.54 Å². The highest BCUT2D eigenvalue weighted by Gasteiger charge is 2.43. The molecule has 1 N–H and O–H groups in total. The second-order valence-corrected chi connectivity index (χ2v) is 8.03. The Hall–Kier alpha value is -2.55. The van der Waals surface area contributed by atoms with Gasteiger partial charge in [0.1, 0.15) is 11.3 Å². The molecule has 0 aliphatic carbocycles. The number of hydrogen-bond acceptors (Lipinski definition) is 6. The molecule has 1 saturated heterocycles. The number of carbonyl (C=O) groups excluding carboxylic acids is 2. The van der Waals surface area contributed by atoms with E-state index in [1.54, 1.807) is 32.7 Å². The number of nitrogens with zero attached hydrogens (tertiary/aromatic N) is 4. The van der Waals surface area contributed by atoms with Gasteiger partial charge in [0.2, 0.25) is 0 Å². The maximum absolute atomic E-state index is 12.2. The second-order valence-electron chi connectivity index (χ2n) is 6.96. The summed E-state index contributed by atoms with van der Waals surface area (Å²) < 4.78 is 7.48. The van der Waals surface area contributed by atoms with E-state index in [1.165, 1.54) is 4.90 Å². The summed E-state index contributed by atoms with van der Waals surface area (Å²) in [4.78, 5) is 25.4. The topological polar surface area (TPSA) is 89.4 Å². The first-order chi connectivity index (χ1) is 13.4. The molecule has 0 radical (unpaired) electrons. The van der Waals surface area contributed by atoms with Crippen LogP contribution >= 0.6 is 11.8 Å². The average Bonchev–Trinajstić information content (AvgIpc) is 3.17. The Balaban J connectivity index is 1.64. The third-order valence-corrected chi connectivity index (χ3v) is 5.64. The molecule has 8 nitrogen and oxygen atoms in total. The van der Waals surface area contributed by atoms with Gasteiger partial charge in [-0.3, -0.25) is 9.69 Å². The van der Waals surface area contributed by atoms with Crippen LogP contribution in [0.3, 0.4) is 0 Å². The molecule has 0 saturated carbocycles. The lowest BCUT2D eigenvalue weighted by molar-refractivity contribution is -0.130. The summed E-state index contributed by atoms with van der Waals surface area (Å²) in [5.74, 6) is 2.06. The Kier molecular flexibility index (Phi) is 5.93. The van der Waals surface area contributed by atoms with E-state index in [4.69, 9.17) is 4.74 Å². The standard InChI is InChI=1S/C19H25N5O3S/c1-5-23-15(13-9-6-7-10-14(13)27-4)21-22-18(23)28-12-8-11-24-16(25)19(2,3)20-17(24)26/h6-7,9-10H,5,8,11-12H2,1-4H3,(H,20,26). The molecule has 9 heteroatoms. The fourth-order valence-corrected chi connectivity index (χ4v) is 4.04. The summed E-state index contributed by atoms with van der Waals surface area (Å²) in [7, 11) is 1.64.